The fourth-order valence-electron chi connectivity index (χ4n) is 10.7. The van der Waals surface area contributed by atoms with E-state index in [0.29, 0.717) is 40.3 Å². The molecule has 6 aromatic rings. The number of carbonyl (C=O) groups is 2. The van der Waals surface area contributed by atoms with Gasteiger partial charge in [0.2, 0.25) is 11.6 Å². The second-order valence-corrected chi connectivity index (χ2v) is 19.2. The molecule has 3 aliphatic rings. The number of phenols is 2. The van der Waals surface area contributed by atoms with Crippen LogP contribution in [0.25, 0.3) is 0 Å². The molecule has 2 saturated carbocycles. The maximum Gasteiger partial charge on any atom is 0.200 e. The Morgan fingerprint density at radius 3 is 1.33 bits per heavy atom. The topological polar surface area (TPSA) is 141 Å². The number of anilines is 4. The first-order chi connectivity index (χ1) is 33.6. The lowest BCUT2D eigenvalue weighted by molar-refractivity contribution is 0.0974. The van der Waals surface area contributed by atoms with Gasteiger partial charge in [-0.05, 0) is 159 Å². The number of phenolic OH excluding ortho intramolecular Hbond substituents is 2. The molecule has 0 atom stereocenters. The predicted molar refractivity (Wildman–Crippen MR) is 269 cm³/mol. The van der Waals surface area contributed by atoms with Gasteiger partial charge in [0.15, 0.2) is 23.0 Å². The Morgan fingerprint density at radius 2 is 0.957 bits per heavy atom. The molecule has 6 aromatic carbocycles. The zero-order valence-electron chi connectivity index (χ0n) is 39.5. The third kappa shape index (κ3) is 10.3. The minimum absolute atomic E-state index is 0.0797. The summed E-state index contributed by atoms with van der Waals surface area (Å²) in [7, 11) is 0. The number of nitriles is 1. The number of unbranched alkanes of at least 4 members (excludes halogenated alkanes) is 2. The molecule has 354 valence electrons. The van der Waals surface area contributed by atoms with Crippen LogP contribution in [0.5, 0.6) is 34.5 Å². The van der Waals surface area contributed by atoms with E-state index in [4.69, 9.17) is 9.47 Å². The van der Waals surface area contributed by atoms with Crippen molar-refractivity contribution in [1.29, 1.82) is 5.26 Å². The molecule has 0 radical (unpaired) electrons. The summed E-state index contributed by atoms with van der Waals surface area (Å²) in [6.07, 6.45) is 17.0. The number of ketones is 2. The van der Waals surface area contributed by atoms with E-state index in [1.165, 1.54) is 112 Å². The highest BCUT2D eigenvalue weighted by Crippen LogP contribution is 2.51. The quantitative estimate of drug-likeness (QED) is 0.0697. The smallest absolute Gasteiger partial charge is 0.200 e. The summed E-state index contributed by atoms with van der Waals surface area (Å²) in [4.78, 5) is 30.3. The predicted octanol–water partition coefficient (Wildman–Crippen LogP) is 15.9. The standard InChI is InChI=1S/C59H60FN3O6/c1-3-5-7-36-9-15-39(16-10-36)41-19-29-46(30-20-41)68-50-33-48(62-44-25-13-38(35-61)14-26-44)52-54(56(50)64)59(67)53-49(63-45-27-23-43(60)24-28-45)34-51(57(65)55(53)58(52)66)69-47-31-21-42(22-32-47)40-17-11-37(12-18-40)8-6-4-2/h13-14,19-34,36-37,39-40,62-65H,3-12,15-18H2,1-2H3. The maximum atomic E-state index is 15.1. The number of hydrogen-bond donors (Lipinski definition) is 4. The van der Waals surface area contributed by atoms with Crippen LogP contribution >= 0.6 is 0 Å². The number of benzene rings is 6. The number of aromatic hydroxyl groups is 2. The van der Waals surface area contributed by atoms with E-state index in [1.807, 2.05) is 48.5 Å². The number of rotatable bonds is 16. The van der Waals surface area contributed by atoms with Crippen LogP contribution in [0.2, 0.25) is 0 Å². The van der Waals surface area contributed by atoms with Crippen molar-refractivity contribution in [1.82, 2.24) is 0 Å². The first-order valence-electron chi connectivity index (χ1n) is 24.8. The number of hydrogen-bond acceptors (Lipinski definition) is 9. The van der Waals surface area contributed by atoms with Gasteiger partial charge in [-0.3, -0.25) is 9.59 Å². The molecular weight excluding hydrogens is 866 g/mol. The van der Waals surface area contributed by atoms with Crippen molar-refractivity contribution in [3.8, 4) is 40.6 Å². The van der Waals surface area contributed by atoms with Crippen LogP contribution in [-0.2, 0) is 0 Å². The lowest BCUT2D eigenvalue weighted by atomic mass is 9.77. The maximum absolute atomic E-state index is 15.1. The zero-order chi connectivity index (χ0) is 48.0. The van der Waals surface area contributed by atoms with Crippen molar-refractivity contribution in [2.75, 3.05) is 10.6 Å². The van der Waals surface area contributed by atoms with Crippen molar-refractivity contribution in [3.05, 3.63) is 154 Å². The Bertz CT molecular complexity index is 2840. The van der Waals surface area contributed by atoms with Gasteiger partial charge >= 0.3 is 0 Å². The molecule has 9 nitrogen and oxygen atoms in total. The van der Waals surface area contributed by atoms with Crippen molar-refractivity contribution in [2.24, 2.45) is 11.8 Å². The number of halogens is 1. The number of nitrogens with zero attached hydrogens (tertiary/aromatic N) is 1. The normalized spacial score (nSPS) is 18.7. The van der Waals surface area contributed by atoms with Gasteiger partial charge in [0.1, 0.15) is 17.3 Å². The molecule has 0 aliphatic heterocycles. The summed E-state index contributed by atoms with van der Waals surface area (Å²) in [6.45, 7) is 4.48. The number of nitrogens with one attached hydrogen (secondary N) is 2. The van der Waals surface area contributed by atoms with Crippen molar-refractivity contribution in [2.45, 2.75) is 116 Å². The molecule has 0 aromatic heterocycles. The van der Waals surface area contributed by atoms with Gasteiger partial charge in [0.25, 0.3) is 0 Å². The van der Waals surface area contributed by atoms with E-state index < -0.39 is 28.9 Å². The molecule has 0 saturated heterocycles. The van der Waals surface area contributed by atoms with Crippen LogP contribution in [0.4, 0.5) is 27.1 Å². The van der Waals surface area contributed by atoms with Crippen molar-refractivity contribution < 1.29 is 33.7 Å². The molecule has 10 heteroatoms. The fraction of sp³-hybridized carbons (Fsp3) is 0.339. The van der Waals surface area contributed by atoms with E-state index in [0.717, 1.165) is 37.5 Å². The highest BCUT2D eigenvalue weighted by molar-refractivity contribution is 6.34. The van der Waals surface area contributed by atoms with E-state index in [2.05, 4.69) is 30.6 Å². The molecule has 3 aliphatic carbocycles. The molecule has 0 bridgehead atoms. The van der Waals surface area contributed by atoms with Gasteiger partial charge in [-0.25, -0.2) is 4.39 Å². The first-order valence-corrected chi connectivity index (χ1v) is 24.8. The van der Waals surface area contributed by atoms with Crippen molar-refractivity contribution in [3.63, 3.8) is 0 Å². The molecule has 0 amide bonds. The van der Waals surface area contributed by atoms with E-state index in [1.54, 1.807) is 24.3 Å². The SMILES string of the molecule is CCCCC1CCC(c2ccc(Oc3cc(Nc4ccc(F)cc4)c4c(c3O)C(=O)c3c(Nc5ccc(C#N)cc5)cc(Oc5ccc(C6CCC(CCCC)CC6)cc5)c(O)c3C4=O)cc2)CC1. The summed E-state index contributed by atoms with van der Waals surface area (Å²) < 4.78 is 26.8. The van der Waals surface area contributed by atoms with Crippen LogP contribution in [0.3, 0.4) is 0 Å². The van der Waals surface area contributed by atoms with Gasteiger partial charge < -0.3 is 30.3 Å². The van der Waals surface area contributed by atoms with Crippen LogP contribution in [0.15, 0.2) is 109 Å². The summed E-state index contributed by atoms with van der Waals surface area (Å²) >= 11 is 0. The fourth-order valence-corrected chi connectivity index (χ4v) is 10.7. The Morgan fingerprint density at radius 1 is 0.565 bits per heavy atom. The first kappa shape index (κ1) is 47.0. The summed E-state index contributed by atoms with van der Waals surface area (Å²) in [6, 6.07) is 32.6. The Hall–Kier alpha value is -7.12. The molecule has 69 heavy (non-hydrogen) atoms. The Balaban J connectivity index is 1.07. The molecule has 2 fully saturated rings. The minimum Gasteiger partial charge on any atom is -0.504 e. The van der Waals surface area contributed by atoms with E-state index in [9.17, 15) is 19.9 Å². The molecular formula is C59H60FN3O6. The lowest BCUT2D eigenvalue weighted by Gasteiger charge is -2.29. The Labute approximate surface area is 404 Å². The highest BCUT2D eigenvalue weighted by atomic mass is 19.1. The van der Waals surface area contributed by atoms with Crippen LogP contribution < -0.4 is 20.1 Å². The van der Waals surface area contributed by atoms with Gasteiger partial charge in [-0.2, -0.15) is 5.26 Å². The summed E-state index contributed by atoms with van der Waals surface area (Å²) in [5.74, 6) is 0.0275. The van der Waals surface area contributed by atoms with Gasteiger partial charge in [-0.15, -0.1) is 0 Å². The third-order valence-corrected chi connectivity index (χ3v) is 14.6. The molecule has 0 unspecified atom stereocenters. The van der Waals surface area contributed by atoms with Crippen molar-refractivity contribution >= 4 is 34.3 Å². The summed E-state index contributed by atoms with van der Waals surface area (Å²) in [5, 5.41) is 40.1. The lowest BCUT2D eigenvalue weighted by Crippen LogP contribution is -2.24. The average Bonchev–Trinajstić information content (AvgIpc) is 3.37. The highest BCUT2D eigenvalue weighted by Gasteiger charge is 2.41. The second-order valence-electron chi connectivity index (χ2n) is 19.2. The molecule has 4 N–H and O–H groups in total. The van der Waals surface area contributed by atoms with Crippen LogP contribution in [0.1, 0.15) is 164 Å². The third-order valence-electron chi connectivity index (χ3n) is 14.6. The van der Waals surface area contributed by atoms with Gasteiger partial charge in [-0.1, -0.05) is 76.6 Å². The Kier molecular flexibility index (Phi) is 14.3. The van der Waals surface area contributed by atoms with Crippen LogP contribution in [-0.4, -0.2) is 21.8 Å². The van der Waals surface area contributed by atoms with Gasteiger partial charge in [0.05, 0.1) is 45.3 Å². The van der Waals surface area contributed by atoms with Crippen LogP contribution in [0, 0.1) is 29.0 Å². The minimum atomic E-state index is -0.768. The summed E-state index contributed by atoms with van der Waals surface area (Å²) in [5.41, 5.74) is 2.89. The monoisotopic (exact) mass is 925 g/mol. The average molecular weight is 926 g/mol. The number of ether oxygens (including phenoxy) is 2. The van der Waals surface area contributed by atoms with Gasteiger partial charge in [0, 0.05) is 23.5 Å². The van der Waals surface area contributed by atoms with E-state index in [-0.39, 0.29) is 45.1 Å². The molecule has 0 heterocycles. The molecule has 9 rings (SSSR count). The zero-order valence-corrected chi connectivity index (χ0v) is 39.5. The second kappa shape index (κ2) is 21.0. The number of fused-ring (bicyclic) bond motifs is 2. The van der Waals surface area contributed by atoms with E-state index >= 15 is 9.59 Å². The largest absolute Gasteiger partial charge is 0.504 e. The molecule has 0 spiro atoms. The number of carbonyl (C=O) groups excluding carboxylic acids is 2.